The summed E-state index contributed by atoms with van der Waals surface area (Å²) in [5, 5.41) is 19.6. The second kappa shape index (κ2) is 10.4. The van der Waals surface area contributed by atoms with Gasteiger partial charge in [-0.2, -0.15) is 5.26 Å². The van der Waals surface area contributed by atoms with Gasteiger partial charge in [-0.3, -0.25) is 4.98 Å². The third-order valence-corrected chi connectivity index (χ3v) is 6.74. The minimum Gasteiger partial charge on any atom is -0.378 e. The number of hydrogen-bond acceptors (Lipinski definition) is 7. The number of hydrogen-bond donors (Lipinski definition) is 1. The molecular weight excluding hydrogens is 484 g/mol. The van der Waals surface area contributed by atoms with Crippen LogP contribution in [0.25, 0.3) is 27.9 Å². The number of piperazine rings is 1. The van der Waals surface area contributed by atoms with Crippen molar-refractivity contribution in [3.63, 3.8) is 0 Å². The van der Waals surface area contributed by atoms with E-state index in [-0.39, 0.29) is 12.4 Å². The Balaban J connectivity index is 0.00000280. The highest BCUT2D eigenvalue weighted by molar-refractivity contribution is 6.00. The van der Waals surface area contributed by atoms with Crippen LogP contribution in [0.15, 0.2) is 72.9 Å². The van der Waals surface area contributed by atoms with E-state index in [1.165, 1.54) is 0 Å². The van der Waals surface area contributed by atoms with E-state index in [9.17, 15) is 5.26 Å². The number of pyridine rings is 2. The molecule has 0 saturated carbocycles. The molecule has 0 atom stereocenters. The highest BCUT2D eigenvalue weighted by atomic mass is 35.5. The second-order valence-corrected chi connectivity index (χ2v) is 9.07. The summed E-state index contributed by atoms with van der Waals surface area (Å²) >= 11 is 0. The van der Waals surface area contributed by atoms with E-state index in [0.29, 0.717) is 23.6 Å². The monoisotopic (exact) mass is 510 g/mol. The molecular formula is C28H27ClN8. The highest BCUT2D eigenvalue weighted by Crippen LogP contribution is 2.34. The summed E-state index contributed by atoms with van der Waals surface area (Å²) in [6, 6.07) is 24.5. The van der Waals surface area contributed by atoms with Gasteiger partial charge in [-0.15, -0.1) is 17.5 Å². The Labute approximate surface area is 221 Å². The Morgan fingerprint density at radius 3 is 2.49 bits per heavy atom. The molecule has 186 valence electrons. The number of anilines is 2. The number of likely N-dealkylation sites (N-methyl/N-ethyl adjacent to an activating group) is 1. The fourth-order valence-corrected chi connectivity index (χ4v) is 4.74. The van der Waals surface area contributed by atoms with Crippen molar-refractivity contribution in [2.45, 2.75) is 6.54 Å². The van der Waals surface area contributed by atoms with Gasteiger partial charge in [-0.05, 0) is 37.4 Å². The summed E-state index contributed by atoms with van der Waals surface area (Å²) in [5.41, 5.74) is 5.63. The summed E-state index contributed by atoms with van der Waals surface area (Å²) in [5.74, 6) is 0.596. The number of nitrogens with one attached hydrogen (secondary N) is 1. The van der Waals surface area contributed by atoms with Crippen molar-refractivity contribution in [3.05, 3.63) is 84.2 Å². The average Bonchev–Trinajstić information content (AvgIpc) is 3.38. The zero-order chi connectivity index (χ0) is 24.5. The molecule has 37 heavy (non-hydrogen) atoms. The van der Waals surface area contributed by atoms with Crippen LogP contribution >= 0.6 is 12.4 Å². The summed E-state index contributed by atoms with van der Waals surface area (Å²) in [4.78, 5) is 14.0. The van der Waals surface area contributed by atoms with Crippen molar-refractivity contribution in [2.75, 3.05) is 43.4 Å². The molecule has 1 saturated heterocycles. The molecule has 4 heterocycles. The molecule has 9 heteroatoms. The van der Waals surface area contributed by atoms with E-state index < -0.39 is 0 Å². The van der Waals surface area contributed by atoms with Crippen molar-refractivity contribution in [1.82, 2.24) is 24.5 Å². The largest absolute Gasteiger partial charge is 0.378 e. The number of rotatable bonds is 5. The number of fused-ring (bicyclic) bond motifs is 3. The Morgan fingerprint density at radius 2 is 1.76 bits per heavy atom. The van der Waals surface area contributed by atoms with Crippen LogP contribution in [0.1, 0.15) is 11.3 Å². The van der Waals surface area contributed by atoms with E-state index >= 15 is 0 Å². The molecule has 3 aromatic heterocycles. The molecule has 1 aliphatic rings. The topological polar surface area (TPSA) is 85.4 Å². The first-order valence-electron chi connectivity index (χ1n) is 12.1. The molecule has 6 rings (SSSR count). The second-order valence-electron chi connectivity index (χ2n) is 9.07. The maximum Gasteiger partial charge on any atom is 0.182 e. The number of aromatic nitrogens is 4. The molecule has 0 spiro atoms. The lowest BCUT2D eigenvalue weighted by Crippen LogP contribution is -2.44. The van der Waals surface area contributed by atoms with Gasteiger partial charge in [-0.1, -0.05) is 36.4 Å². The molecule has 0 radical (unpaired) electrons. The third kappa shape index (κ3) is 4.67. The smallest absolute Gasteiger partial charge is 0.182 e. The van der Waals surface area contributed by atoms with Gasteiger partial charge in [-0.25, -0.2) is 9.50 Å². The van der Waals surface area contributed by atoms with Gasteiger partial charge in [0.1, 0.15) is 11.6 Å². The van der Waals surface area contributed by atoms with Crippen molar-refractivity contribution < 1.29 is 0 Å². The molecule has 1 fully saturated rings. The first kappa shape index (κ1) is 24.5. The molecule has 8 nitrogen and oxygen atoms in total. The van der Waals surface area contributed by atoms with Crippen LogP contribution in [0, 0.1) is 11.3 Å². The van der Waals surface area contributed by atoms with E-state index in [4.69, 9.17) is 10.1 Å². The Bertz CT molecular complexity index is 1570. The van der Waals surface area contributed by atoms with Gasteiger partial charge in [0.05, 0.1) is 23.4 Å². The van der Waals surface area contributed by atoms with Crippen molar-refractivity contribution in [2.24, 2.45) is 0 Å². The zero-order valence-corrected chi connectivity index (χ0v) is 21.3. The molecule has 0 aliphatic carbocycles. The first-order valence-corrected chi connectivity index (χ1v) is 12.1. The van der Waals surface area contributed by atoms with E-state index in [1.807, 2.05) is 48.5 Å². The average molecular weight is 511 g/mol. The highest BCUT2D eigenvalue weighted by Gasteiger charge is 2.21. The Kier molecular flexibility index (Phi) is 6.91. The van der Waals surface area contributed by atoms with Crippen molar-refractivity contribution in [1.29, 1.82) is 5.26 Å². The number of halogens is 1. The Hall–Kier alpha value is -4.19. The normalized spacial score (nSPS) is 13.9. The summed E-state index contributed by atoms with van der Waals surface area (Å²) in [7, 11) is 2.16. The lowest BCUT2D eigenvalue weighted by molar-refractivity contribution is 0.313. The molecule has 0 unspecified atom stereocenters. The SMILES string of the molecule is CN1CCN(c2ccc3c(c2)c(NCc2ccccn2)c(C#N)c2nc(-c4ccccc4)nn23)CC1.Cl. The molecule has 2 aromatic carbocycles. The zero-order valence-electron chi connectivity index (χ0n) is 20.5. The molecule has 0 bridgehead atoms. The van der Waals surface area contributed by atoms with Gasteiger partial charge >= 0.3 is 0 Å². The van der Waals surface area contributed by atoms with Crippen LogP contribution in [-0.4, -0.2) is 57.7 Å². The van der Waals surface area contributed by atoms with E-state index in [0.717, 1.165) is 59.7 Å². The van der Waals surface area contributed by atoms with Gasteiger partial charge in [0, 0.05) is 49.0 Å². The standard InChI is InChI=1S/C28H26N8.ClH/c1-34-13-15-35(16-14-34)22-10-11-25-23(17-22)26(31-19-21-9-5-6-12-30-21)24(18-29)28-32-27(33-36(25)28)20-7-3-2-4-8-20;/h2-12,17,31H,13-16,19H2,1H3;1H. The van der Waals surface area contributed by atoms with Crippen molar-refractivity contribution >= 4 is 40.3 Å². The maximum absolute atomic E-state index is 10.3. The first-order chi connectivity index (χ1) is 17.7. The van der Waals surface area contributed by atoms with Crippen LogP contribution in [0.4, 0.5) is 11.4 Å². The van der Waals surface area contributed by atoms with Gasteiger partial charge < -0.3 is 15.1 Å². The lowest BCUT2D eigenvalue weighted by atomic mass is 10.1. The molecule has 1 aliphatic heterocycles. The summed E-state index contributed by atoms with van der Waals surface area (Å²) < 4.78 is 1.80. The van der Waals surface area contributed by atoms with Crippen LogP contribution in [-0.2, 0) is 6.54 Å². The molecule has 1 N–H and O–H groups in total. The summed E-state index contributed by atoms with van der Waals surface area (Å²) in [6.45, 7) is 4.48. The fourth-order valence-electron chi connectivity index (χ4n) is 4.74. The van der Waals surface area contributed by atoms with E-state index in [2.05, 4.69) is 51.4 Å². The minimum absolute atomic E-state index is 0. The van der Waals surface area contributed by atoms with Gasteiger partial charge in [0.25, 0.3) is 0 Å². The number of nitrogens with zero attached hydrogens (tertiary/aromatic N) is 7. The number of benzene rings is 2. The van der Waals surface area contributed by atoms with Crippen LogP contribution in [0.2, 0.25) is 0 Å². The van der Waals surface area contributed by atoms with Crippen LogP contribution < -0.4 is 10.2 Å². The van der Waals surface area contributed by atoms with Crippen molar-refractivity contribution in [3.8, 4) is 17.5 Å². The third-order valence-electron chi connectivity index (χ3n) is 6.74. The van der Waals surface area contributed by atoms with Gasteiger partial charge in [0.15, 0.2) is 11.5 Å². The quantitative estimate of drug-likeness (QED) is 0.370. The number of nitriles is 1. The van der Waals surface area contributed by atoms with Crippen LogP contribution in [0.5, 0.6) is 0 Å². The minimum atomic E-state index is 0. The molecule has 0 amide bonds. The predicted octanol–water partition coefficient (Wildman–Crippen LogP) is 4.60. The van der Waals surface area contributed by atoms with Gasteiger partial charge in [0.2, 0.25) is 0 Å². The fraction of sp³-hybridized carbons (Fsp3) is 0.214. The van der Waals surface area contributed by atoms with E-state index in [1.54, 1.807) is 10.7 Å². The lowest BCUT2D eigenvalue weighted by Gasteiger charge is -2.34. The predicted molar refractivity (Wildman–Crippen MR) is 149 cm³/mol. The summed E-state index contributed by atoms with van der Waals surface area (Å²) in [6.07, 6.45) is 1.78. The maximum atomic E-state index is 10.3. The van der Waals surface area contributed by atoms with Crippen LogP contribution in [0.3, 0.4) is 0 Å². The Morgan fingerprint density at radius 1 is 0.973 bits per heavy atom. The molecule has 5 aromatic rings.